The van der Waals surface area contributed by atoms with Gasteiger partial charge in [-0.25, -0.2) is 18.4 Å². The Morgan fingerprint density at radius 1 is 1.28 bits per heavy atom. The molecule has 2 aromatic carbocycles. The van der Waals surface area contributed by atoms with Crippen molar-refractivity contribution in [1.29, 1.82) is 0 Å². The van der Waals surface area contributed by atoms with Crippen molar-refractivity contribution in [2.45, 2.75) is 19.1 Å². The normalized spacial score (nSPS) is 15.7. The molecule has 7 nitrogen and oxygen atoms in total. The second-order valence-electron chi connectivity index (χ2n) is 6.32. The van der Waals surface area contributed by atoms with Gasteiger partial charge in [-0.1, -0.05) is 35.0 Å². The predicted octanol–water partition coefficient (Wildman–Crippen LogP) is 3.39. The van der Waals surface area contributed by atoms with E-state index < -0.39 is 17.8 Å². The number of hydrogen-bond acceptors (Lipinski definition) is 5. The molecule has 0 radical (unpaired) electrons. The molecular weight excluding hydrogens is 404 g/mol. The highest BCUT2D eigenvalue weighted by Gasteiger charge is 2.31. The molecule has 0 aliphatic carbocycles. The Labute approximate surface area is 168 Å². The van der Waals surface area contributed by atoms with Gasteiger partial charge in [0.15, 0.2) is 0 Å². The number of benzene rings is 2. The van der Waals surface area contributed by atoms with Gasteiger partial charge in [-0.3, -0.25) is 10.1 Å². The highest BCUT2D eigenvalue weighted by molar-refractivity contribution is 6.34. The second kappa shape index (κ2) is 7.96. The van der Waals surface area contributed by atoms with Crippen LogP contribution < -0.4 is 5.32 Å². The first-order valence-corrected chi connectivity index (χ1v) is 8.99. The third-order valence-electron chi connectivity index (χ3n) is 4.22. The number of halogens is 3. The molecule has 1 aliphatic heterocycles. The van der Waals surface area contributed by atoms with Gasteiger partial charge in [-0.2, -0.15) is 0 Å². The summed E-state index contributed by atoms with van der Waals surface area (Å²) < 4.78 is 28.7. The molecule has 0 fully saturated rings. The van der Waals surface area contributed by atoms with Gasteiger partial charge in [0.25, 0.3) is 5.91 Å². The van der Waals surface area contributed by atoms with Crippen molar-refractivity contribution in [3.05, 3.63) is 76.6 Å². The Morgan fingerprint density at radius 2 is 2.10 bits per heavy atom. The average Bonchev–Trinajstić information content (AvgIpc) is 3.32. The van der Waals surface area contributed by atoms with Crippen LogP contribution in [-0.4, -0.2) is 32.5 Å². The van der Waals surface area contributed by atoms with Crippen molar-refractivity contribution in [2.24, 2.45) is 5.16 Å². The summed E-state index contributed by atoms with van der Waals surface area (Å²) >= 11 is 6.02. The molecule has 0 bridgehead atoms. The number of rotatable bonds is 5. The number of nitrogens with zero attached hydrogens (tertiary/aromatic N) is 4. The second-order valence-corrected chi connectivity index (χ2v) is 6.72. The summed E-state index contributed by atoms with van der Waals surface area (Å²) in [5.41, 5.74) is 1.06. The Hall–Kier alpha value is -3.33. The van der Waals surface area contributed by atoms with Crippen LogP contribution in [0.15, 0.2) is 53.9 Å². The molecule has 0 spiro atoms. The zero-order valence-electron chi connectivity index (χ0n) is 14.8. The van der Waals surface area contributed by atoms with E-state index >= 15 is 0 Å². The molecule has 1 amide bonds. The lowest BCUT2D eigenvalue weighted by atomic mass is 10.0. The lowest BCUT2D eigenvalue weighted by Crippen LogP contribution is -2.28. The van der Waals surface area contributed by atoms with Gasteiger partial charge in [0.05, 0.1) is 22.8 Å². The first-order chi connectivity index (χ1) is 14.0. The monoisotopic (exact) mass is 417 g/mol. The first kappa shape index (κ1) is 19.0. The average molecular weight is 418 g/mol. The van der Waals surface area contributed by atoms with E-state index in [0.717, 1.165) is 0 Å². The molecule has 4 rings (SSSR count). The summed E-state index contributed by atoms with van der Waals surface area (Å²) in [6.45, 7) is 0.291. The largest absolute Gasteiger partial charge is 0.382 e. The van der Waals surface area contributed by atoms with Crippen LogP contribution in [0.3, 0.4) is 0 Å². The molecule has 10 heteroatoms. The maximum atomic E-state index is 14.0. The lowest BCUT2D eigenvalue weighted by Gasteiger charge is -2.07. The molecule has 29 heavy (non-hydrogen) atoms. The van der Waals surface area contributed by atoms with Gasteiger partial charge in [-0.05, 0) is 29.8 Å². The van der Waals surface area contributed by atoms with Crippen LogP contribution in [0.1, 0.15) is 17.5 Å². The maximum absolute atomic E-state index is 14.0. The summed E-state index contributed by atoms with van der Waals surface area (Å²) in [6.07, 6.45) is 0.504. The van der Waals surface area contributed by atoms with Gasteiger partial charge in [0.1, 0.15) is 18.0 Å². The Kier molecular flexibility index (Phi) is 5.22. The number of carbonyl (C=O) groups excluding carboxylic acids is 1. The number of carbonyl (C=O) groups is 1. The standard InChI is InChI=1S/C19H14ClF2N5O2/c20-13-5-2-6-14(22)17(13)15-8-16(29-26-15)18(28)24-19-23-10-27(25-19)9-11-3-1-4-12(21)7-11/h1-7,10,16H,8-9H2,(H,24,25,28). The topological polar surface area (TPSA) is 81.4 Å². The highest BCUT2D eigenvalue weighted by atomic mass is 35.5. The van der Waals surface area contributed by atoms with Crippen LogP contribution in [0.5, 0.6) is 0 Å². The van der Waals surface area contributed by atoms with Crippen molar-refractivity contribution in [2.75, 3.05) is 5.32 Å². The van der Waals surface area contributed by atoms with E-state index in [-0.39, 0.29) is 34.5 Å². The Bertz CT molecular complexity index is 1080. The summed E-state index contributed by atoms with van der Waals surface area (Å²) in [6, 6.07) is 10.4. The van der Waals surface area contributed by atoms with Crippen LogP contribution in [0.4, 0.5) is 14.7 Å². The molecule has 148 valence electrons. The van der Waals surface area contributed by atoms with Crippen LogP contribution in [0.2, 0.25) is 5.02 Å². The number of nitrogens with one attached hydrogen (secondary N) is 1. The van der Waals surface area contributed by atoms with E-state index in [4.69, 9.17) is 16.4 Å². The van der Waals surface area contributed by atoms with Crippen molar-refractivity contribution >= 4 is 29.2 Å². The summed E-state index contributed by atoms with van der Waals surface area (Å²) in [5.74, 6) is -1.36. The van der Waals surface area contributed by atoms with E-state index in [0.29, 0.717) is 12.1 Å². The molecule has 0 saturated carbocycles. The van der Waals surface area contributed by atoms with Gasteiger partial charge in [0, 0.05) is 6.42 Å². The smallest absolute Gasteiger partial charge is 0.271 e. The maximum Gasteiger partial charge on any atom is 0.271 e. The number of aromatic nitrogens is 3. The molecule has 1 N–H and O–H groups in total. The van der Waals surface area contributed by atoms with E-state index in [1.54, 1.807) is 12.1 Å². The molecule has 2 heterocycles. The van der Waals surface area contributed by atoms with Crippen LogP contribution >= 0.6 is 11.6 Å². The SMILES string of the molecule is O=C(Nc1ncn(Cc2cccc(F)c2)n1)C1CC(c2c(F)cccc2Cl)=NO1. The van der Waals surface area contributed by atoms with Crippen LogP contribution in [0, 0.1) is 11.6 Å². The molecule has 1 unspecified atom stereocenters. The summed E-state index contributed by atoms with van der Waals surface area (Å²) in [7, 11) is 0. The molecule has 3 aromatic rings. The van der Waals surface area contributed by atoms with Gasteiger partial charge < -0.3 is 4.84 Å². The first-order valence-electron chi connectivity index (χ1n) is 8.61. The fraction of sp³-hybridized carbons (Fsp3) is 0.158. The fourth-order valence-electron chi connectivity index (χ4n) is 2.88. The van der Waals surface area contributed by atoms with E-state index in [1.165, 1.54) is 41.3 Å². The predicted molar refractivity (Wildman–Crippen MR) is 102 cm³/mol. The minimum absolute atomic E-state index is 0.0521. The lowest BCUT2D eigenvalue weighted by molar-refractivity contribution is -0.125. The van der Waals surface area contributed by atoms with Crippen molar-refractivity contribution in [3.63, 3.8) is 0 Å². The van der Waals surface area contributed by atoms with Crippen LogP contribution in [-0.2, 0) is 16.2 Å². The Balaban J connectivity index is 1.38. The van der Waals surface area contributed by atoms with Crippen molar-refractivity contribution in [3.8, 4) is 0 Å². The van der Waals surface area contributed by atoms with Gasteiger partial charge >= 0.3 is 0 Å². The number of hydrogen-bond donors (Lipinski definition) is 1. The Morgan fingerprint density at radius 3 is 2.90 bits per heavy atom. The fourth-order valence-corrected chi connectivity index (χ4v) is 3.15. The quantitative estimate of drug-likeness (QED) is 0.690. The van der Waals surface area contributed by atoms with E-state index in [2.05, 4.69) is 20.6 Å². The zero-order chi connectivity index (χ0) is 20.4. The third kappa shape index (κ3) is 4.24. The molecule has 0 saturated heterocycles. The number of anilines is 1. The summed E-state index contributed by atoms with van der Waals surface area (Å²) in [4.78, 5) is 21.5. The molecular formula is C19H14ClF2N5O2. The van der Waals surface area contributed by atoms with E-state index in [1.807, 2.05) is 0 Å². The van der Waals surface area contributed by atoms with Crippen LogP contribution in [0.25, 0.3) is 0 Å². The minimum Gasteiger partial charge on any atom is -0.382 e. The summed E-state index contributed by atoms with van der Waals surface area (Å²) in [5, 5.41) is 10.6. The van der Waals surface area contributed by atoms with Gasteiger partial charge in [-0.15, -0.1) is 5.10 Å². The molecule has 1 atom stereocenters. The molecule has 1 aliphatic rings. The minimum atomic E-state index is -0.962. The zero-order valence-corrected chi connectivity index (χ0v) is 15.6. The number of amides is 1. The van der Waals surface area contributed by atoms with Crippen molar-refractivity contribution in [1.82, 2.24) is 14.8 Å². The van der Waals surface area contributed by atoms with Gasteiger partial charge in [0.2, 0.25) is 12.1 Å². The van der Waals surface area contributed by atoms with Crippen molar-refractivity contribution < 1.29 is 18.4 Å². The van der Waals surface area contributed by atoms with E-state index in [9.17, 15) is 13.6 Å². The number of oxime groups is 1. The third-order valence-corrected chi connectivity index (χ3v) is 4.53. The molecule has 1 aromatic heterocycles. The highest BCUT2D eigenvalue weighted by Crippen LogP contribution is 2.25.